The van der Waals surface area contributed by atoms with Gasteiger partial charge in [0.15, 0.2) is 0 Å². The second-order valence-corrected chi connectivity index (χ2v) is 5.87. The lowest BCUT2D eigenvalue weighted by Gasteiger charge is -2.23. The van der Waals surface area contributed by atoms with Gasteiger partial charge in [-0.2, -0.15) is 11.8 Å². The van der Waals surface area contributed by atoms with E-state index in [9.17, 15) is 0 Å². The van der Waals surface area contributed by atoms with Gasteiger partial charge >= 0.3 is 0 Å². The Morgan fingerprint density at radius 1 is 1.39 bits per heavy atom. The number of benzene rings is 1. The molecule has 0 unspecified atom stereocenters. The Bertz CT molecular complexity index is 407. The molecule has 0 saturated heterocycles. The lowest BCUT2D eigenvalue weighted by molar-refractivity contribution is 0.857. The van der Waals surface area contributed by atoms with Crippen molar-refractivity contribution in [1.82, 2.24) is 0 Å². The van der Waals surface area contributed by atoms with E-state index in [0.29, 0.717) is 0 Å². The van der Waals surface area contributed by atoms with Crippen molar-refractivity contribution < 1.29 is 0 Å². The molecule has 5 heteroatoms. The van der Waals surface area contributed by atoms with Crippen LogP contribution >= 0.6 is 23.5 Å². The van der Waals surface area contributed by atoms with Crippen LogP contribution in [0.5, 0.6) is 0 Å². The zero-order valence-corrected chi connectivity index (χ0v) is 12.8. The summed E-state index contributed by atoms with van der Waals surface area (Å²) in [5, 5.41) is 7.76. The van der Waals surface area contributed by atoms with Crippen molar-refractivity contribution in [2.75, 3.05) is 36.8 Å². The second kappa shape index (κ2) is 7.59. The quantitative estimate of drug-likeness (QED) is 0.350. The third-order valence-electron chi connectivity index (χ3n) is 2.75. The van der Waals surface area contributed by atoms with Crippen LogP contribution in [0.4, 0.5) is 5.69 Å². The van der Waals surface area contributed by atoms with E-state index in [-0.39, 0.29) is 5.84 Å². The van der Waals surface area contributed by atoms with E-state index in [1.807, 2.05) is 36.2 Å². The monoisotopic (exact) mass is 283 g/mol. The van der Waals surface area contributed by atoms with Crippen molar-refractivity contribution in [2.45, 2.75) is 11.3 Å². The van der Waals surface area contributed by atoms with E-state index in [2.05, 4.69) is 18.2 Å². The summed E-state index contributed by atoms with van der Waals surface area (Å²) < 4.78 is 0. The van der Waals surface area contributed by atoms with Crippen LogP contribution < -0.4 is 10.6 Å². The number of thioether (sulfide) groups is 2. The number of amidine groups is 1. The Hall–Kier alpha value is -0.810. The molecule has 100 valence electrons. The van der Waals surface area contributed by atoms with Gasteiger partial charge in [-0.05, 0) is 36.8 Å². The first kappa shape index (κ1) is 15.2. The standard InChI is InChI=1S/C13H21N3S2/c1-16(8-5-9-17-2)10-6-4-7-11(18-3)12(10)13(14)15/h4,6-7H,5,8-9H2,1-3H3,(H3,14,15). The van der Waals surface area contributed by atoms with E-state index < -0.39 is 0 Å². The van der Waals surface area contributed by atoms with Gasteiger partial charge in [0.25, 0.3) is 0 Å². The summed E-state index contributed by atoms with van der Waals surface area (Å²) in [6.07, 6.45) is 5.27. The van der Waals surface area contributed by atoms with Gasteiger partial charge in [0.05, 0.1) is 5.56 Å². The van der Waals surface area contributed by atoms with Crippen LogP contribution in [-0.2, 0) is 0 Å². The molecule has 3 nitrogen and oxygen atoms in total. The molecule has 0 heterocycles. The molecule has 0 aliphatic carbocycles. The summed E-state index contributed by atoms with van der Waals surface area (Å²) in [4.78, 5) is 3.25. The molecule has 0 amide bonds. The topological polar surface area (TPSA) is 53.1 Å². The molecule has 1 aromatic rings. The summed E-state index contributed by atoms with van der Waals surface area (Å²) in [7, 11) is 2.06. The lowest BCUT2D eigenvalue weighted by Crippen LogP contribution is -2.24. The highest BCUT2D eigenvalue weighted by Crippen LogP contribution is 2.28. The van der Waals surface area contributed by atoms with E-state index in [4.69, 9.17) is 11.1 Å². The van der Waals surface area contributed by atoms with Gasteiger partial charge in [-0.25, -0.2) is 0 Å². The lowest BCUT2D eigenvalue weighted by atomic mass is 10.1. The molecule has 0 aromatic heterocycles. The average Bonchev–Trinajstić information content (AvgIpc) is 2.37. The number of hydrogen-bond acceptors (Lipinski definition) is 4. The van der Waals surface area contributed by atoms with Crippen molar-refractivity contribution in [3.05, 3.63) is 23.8 Å². The number of anilines is 1. The maximum absolute atomic E-state index is 7.76. The first-order valence-corrected chi connectivity index (χ1v) is 8.45. The van der Waals surface area contributed by atoms with Crippen molar-refractivity contribution in [2.24, 2.45) is 5.73 Å². The third kappa shape index (κ3) is 3.85. The van der Waals surface area contributed by atoms with Crippen molar-refractivity contribution in [3.63, 3.8) is 0 Å². The summed E-state index contributed by atoms with van der Waals surface area (Å²) in [5.41, 5.74) is 7.63. The molecule has 0 aliphatic heterocycles. The van der Waals surface area contributed by atoms with Crippen LogP contribution in [0.3, 0.4) is 0 Å². The van der Waals surface area contributed by atoms with Gasteiger partial charge in [-0.15, -0.1) is 11.8 Å². The molecular formula is C13H21N3S2. The minimum Gasteiger partial charge on any atom is -0.384 e. The van der Waals surface area contributed by atoms with Gasteiger partial charge in [-0.1, -0.05) is 6.07 Å². The molecule has 0 saturated carbocycles. The second-order valence-electron chi connectivity index (χ2n) is 4.04. The van der Waals surface area contributed by atoms with Crippen LogP contribution in [0.25, 0.3) is 0 Å². The molecule has 1 aromatic carbocycles. The minimum absolute atomic E-state index is 0.145. The normalized spacial score (nSPS) is 10.4. The van der Waals surface area contributed by atoms with E-state index in [0.717, 1.165) is 34.9 Å². The van der Waals surface area contributed by atoms with E-state index in [1.165, 1.54) is 0 Å². The zero-order valence-electron chi connectivity index (χ0n) is 11.2. The Balaban J connectivity index is 2.96. The molecule has 0 radical (unpaired) electrons. The van der Waals surface area contributed by atoms with Gasteiger partial charge < -0.3 is 10.6 Å². The van der Waals surface area contributed by atoms with Crippen LogP contribution in [0.1, 0.15) is 12.0 Å². The van der Waals surface area contributed by atoms with Crippen LogP contribution in [-0.4, -0.2) is 37.7 Å². The maximum atomic E-state index is 7.76. The fraction of sp³-hybridized carbons (Fsp3) is 0.462. The molecule has 0 aliphatic rings. The molecule has 0 fully saturated rings. The smallest absolute Gasteiger partial charge is 0.126 e. The zero-order chi connectivity index (χ0) is 13.5. The first-order valence-electron chi connectivity index (χ1n) is 5.83. The van der Waals surface area contributed by atoms with Crippen LogP contribution in [0.15, 0.2) is 23.1 Å². The van der Waals surface area contributed by atoms with E-state index >= 15 is 0 Å². The molecule has 1 rings (SSSR count). The fourth-order valence-corrected chi connectivity index (χ4v) is 2.90. The number of hydrogen-bond donors (Lipinski definition) is 2. The Labute approximate surface area is 118 Å². The summed E-state index contributed by atoms with van der Waals surface area (Å²) in [5.74, 6) is 1.30. The highest BCUT2D eigenvalue weighted by atomic mass is 32.2. The molecule has 0 bridgehead atoms. The average molecular weight is 283 g/mol. The van der Waals surface area contributed by atoms with E-state index in [1.54, 1.807) is 11.8 Å². The minimum atomic E-state index is 0.145. The Morgan fingerprint density at radius 2 is 2.11 bits per heavy atom. The Kier molecular flexibility index (Phi) is 6.43. The van der Waals surface area contributed by atoms with Gasteiger partial charge in [0, 0.05) is 24.2 Å². The fourth-order valence-electron chi connectivity index (χ4n) is 1.84. The number of nitrogens with two attached hydrogens (primary N) is 1. The van der Waals surface area contributed by atoms with Crippen LogP contribution in [0.2, 0.25) is 0 Å². The van der Waals surface area contributed by atoms with Crippen molar-refractivity contribution in [3.8, 4) is 0 Å². The van der Waals surface area contributed by atoms with Crippen molar-refractivity contribution in [1.29, 1.82) is 5.41 Å². The predicted octanol–water partition coefficient (Wildman–Crippen LogP) is 2.88. The van der Waals surface area contributed by atoms with Gasteiger partial charge in [-0.3, -0.25) is 5.41 Å². The van der Waals surface area contributed by atoms with Gasteiger partial charge in [0.2, 0.25) is 0 Å². The largest absolute Gasteiger partial charge is 0.384 e. The first-order chi connectivity index (χ1) is 8.61. The van der Waals surface area contributed by atoms with Crippen LogP contribution in [0, 0.1) is 5.41 Å². The maximum Gasteiger partial charge on any atom is 0.126 e. The molecule has 0 spiro atoms. The van der Waals surface area contributed by atoms with Crippen molar-refractivity contribution >= 4 is 35.0 Å². The highest BCUT2D eigenvalue weighted by Gasteiger charge is 2.13. The van der Waals surface area contributed by atoms with Gasteiger partial charge in [0.1, 0.15) is 5.84 Å². The molecule has 0 atom stereocenters. The number of rotatable bonds is 7. The predicted molar refractivity (Wildman–Crippen MR) is 85.5 cm³/mol. The number of nitrogens with zero attached hydrogens (tertiary/aromatic N) is 1. The number of nitrogen functional groups attached to an aromatic ring is 1. The Morgan fingerprint density at radius 3 is 2.67 bits per heavy atom. The highest BCUT2D eigenvalue weighted by molar-refractivity contribution is 7.98. The summed E-state index contributed by atoms with van der Waals surface area (Å²) >= 11 is 3.49. The molecule has 3 N–H and O–H groups in total. The summed E-state index contributed by atoms with van der Waals surface area (Å²) in [6, 6.07) is 6.08. The SMILES string of the molecule is CSCCCN(C)c1cccc(SC)c1C(=N)N. The third-order valence-corrected chi connectivity index (χ3v) is 4.22. The number of nitrogens with one attached hydrogen (secondary N) is 1. The molecular weight excluding hydrogens is 262 g/mol. The molecule has 18 heavy (non-hydrogen) atoms. The summed E-state index contributed by atoms with van der Waals surface area (Å²) in [6.45, 7) is 0.985.